The van der Waals surface area contributed by atoms with Crippen LogP contribution in [0.4, 0.5) is 5.69 Å². The lowest BCUT2D eigenvalue weighted by Crippen LogP contribution is -2.29. The number of nitrogens with one attached hydrogen (secondary N) is 1. The fraction of sp³-hybridized carbons (Fsp3) is 0.267. The molecule has 2 aliphatic carbocycles. The van der Waals surface area contributed by atoms with Crippen molar-refractivity contribution in [3.63, 3.8) is 0 Å². The first-order valence-corrected chi connectivity index (χ1v) is 11.5. The molecule has 0 amide bonds. The normalized spacial score (nSPS) is 26.4. The molecule has 2 atom stereocenters. The Labute approximate surface area is 188 Å². The molecule has 1 N–H and O–H groups in total. The van der Waals surface area contributed by atoms with E-state index in [0.717, 1.165) is 0 Å². The zero-order chi connectivity index (χ0) is 21.6. The average molecular weight is 410 g/mol. The van der Waals surface area contributed by atoms with Crippen LogP contribution in [0.3, 0.4) is 0 Å². The van der Waals surface area contributed by atoms with Crippen molar-refractivity contribution < 1.29 is 0 Å². The second-order valence-electron chi connectivity index (χ2n) is 8.20. The summed E-state index contributed by atoms with van der Waals surface area (Å²) in [6.45, 7) is 2.16. The van der Waals surface area contributed by atoms with Gasteiger partial charge in [-0.1, -0.05) is 128 Å². The maximum absolute atomic E-state index is 3.89. The first-order valence-electron chi connectivity index (χ1n) is 11.5. The number of allylic oxidation sites excluding steroid dienone is 11. The Balaban J connectivity index is 1.91. The lowest BCUT2D eigenvalue weighted by Gasteiger charge is -2.28. The van der Waals surface area contributed by atoms with Gasteiger partial charge in [-0.05, 0) is 37.5 Å². The summed E-state index contributed by atoms with van der Waals surface area (Å²) in [4.78, 5) is 0. The molecule has 1 fully saturated rings. The highest BCUT2D eigenvalue weighted by Crippen LogP contribution is 2.32. The second-order valence-corrected chi connectivity index (χ2v) is 8.20. The second kappa shape index (κ2) is 13.3. The predicted molar refractivity (Wildman–Crippen MR) is 136 cm³/mol. The van der Waals surface area contributed by atoms with Crippen molar-refractivity contribution in [2.75, 3.05) is 5.32 Å². The van der Waals surface area contributed by atoms with E-state index in [1.54, 1.807) is 0 Å². The maximum atomic E-state index is 3.89. The molecule has 1 nitrogen and oxygen atoms in total. The molecule has 31 heavy (non-hydrogen) atoms. The molecule has 0 aliphatic heterocycles. The number of hydrogen-bond acceptors (Lipinski definition) is 1. The molecule has 0 bridgehead atoms. The summed E-state index contributed by atoms with van der Waals surface area (Å²) in [7, 11) is 0. The molecule has 1 saturated carbocycles. The van der Waals surface area contributed by atoms with E-state index in [-0.39, 0.29) is 0 Å². The third-order valence-electron chi connectivity index (χ3n) is 5.76. The van der Waals surface area contributed by atoms with Gasteiger partial charge in [0.15, 0.2) is 0 Å². The van der Waals surface area contributed by atoms with Crippen LogP contribution in [-0.2, 0) is 0 Å². The highest BCUT2D eigenvalue weighted by molar-refractivity contribution is 5.44. The van der Waals surface area contributed by atoms with E-state index in [9.17, 15) is 0 Å². The van der Waals surface area contributed by atoms with Gasteiger partial charge in [0.25, 0.3) is 0 Å². The lowest BCUT2D eigenvalue weighted by atomic mass is 9.86. The van der Waals surface area contributed by atoms with Crippen LogP contribution in [0.15, 0.2) is 127 Å². The quantitative estimate of drug-likeness (QED) is 0.495. The Morgan fingerprint density at radius 2 is 1.26 bits per heavy atom. The van der Waals surface area contributed by atoms with E-state index in [2.05, 4.69) is 122 Å². The van der Waals surface area contributed by atoms with Gasteiger partial charge in [-0.2, -0.15) is 0 Å². The molecule has 0 spiro atoms. The Kier molecular flexibility index (Phi) is 9.69. The van der Waals surface area contributed by atoms with Gasteiger partial charge in [0.2, 0.25) is 0 Å². The van der Waals surface area contributed by atoms with Gasteiger partial charge in [-0.3, -0.25) is 0 Å². The van der Waals surface area contributed by atoms with Gasteiger partial charge >= 0.3 is 0 Å². The zero-order valence-corrected chi connectivity index (χ0v) is 18.7. The van der Waals surface area contributed by atoms with Crippen molar-refractivity contribution in [2.24, 2.45) is 5.92 Å². The monoisotopic (exact) mass is 409 g/mol. The van der Waals surface area contributed by atoms with E-state index >= 15 is 0 Å². The van der Waals surface area contributed by atoms with Crippen LogP contribution < -0.4 is 5.32 Å². The Morgan fingerprint density at radius 1 is 0.645 bits per heavy atom. The maximum Gasteiger partial charge on any atom is 0.0342 e. The molecule has 0 aromatic heterocycles. The molecule has 0 saturated heterocycles. The third-order valence-corrected chi connectivity index (χ3v) is 5.76. The van der Waals surface area contributed by atoms with Gasteiger partial charge in [-0.25, -0.2) is 0 Å². The third kappa shape index (κ3) is 8.30. The van der Waals surface area contributed by atoms with Gasteiger partial charge in [0.05, 0.1) is 0 Å². The van der Waals surface area contributed by atoms with Crippen LogP contribution in [0.25, 0.3) is 0 Å². The summed E-state index contributed by atoms with van der Waals surface area (Å²) in [5, 5.41) is 3.89. The molecule has 1 aromatic carbocycles. The summed E-state index contributed by atoms with van der Waals surface area (Å²) in [6, 6.07) is 19.3. The molecule has 3 rings (SSSR count). The van der Waals surface area contributed by atoms with Crippen molar-refractivity contribution in [3.05, 3.63) is 127 Å². The van der Waals surface area contributed by atoms with Crippen LogP contribution in [0.1, 0.15) is 39.0 Å². The minimum Gasteiger partial charge on any atom is -0.382 e. The van der Waals surface area contributed by atoms with E-state index in [1.807, 2.05) is 6.07 Å². The molecular weight excluding hydrogens is 374 g/mol. The summed E-state index contributed by atoms with van der Waals surface area (Å²) in [5.74, 6) is 0.489. The highest BCUT2D eigenvalue weighted by Gasteiger charge is 2.25. The SMILES string of the molecule is CC1=C\C=C/C=C\C=C/C=C(/C2CCCCCC2Nc2ccccccccc2)C=C1. The van der Waals surface area contributed by atoms with E-state index in [4.69, 9.17) is 0 Å². The van der Waals surface area contributed by atoms with Crippen LogP contribution in [0.2, 0.25) is 0 Å². The van der Waals surface area contributed by atoms with Gasteiger partial charge in [-0.15, -0.1) is 0 Å². The van der Waals surface area contributed by atoms with Crippen molar-refractivity contribution in [2.45, 2.75) is 45.1 Å². The van der Waals surface area contributed by atoms with Gasteiger partial charge in [0.1, 0.15) is 0 Å². The number of rotatable bonds is 3. The Morgan fingerprint density at radius 3 is 2.00 bits per heavy atom. The molecule has 160 valence electrons. The number of anilines is 1. The zero-order valence-electron chi connectivity index (χ0n) is 18.7. The van der Waals surface area contributed by atoms with Gasteiger partial charge < -0.3 is 5.32 Å². The predicted octanol–water partition coefficient (Wildman–Crippen LogP) is 8.28. The van der Waals surface area contributed by atoms with Crippen molar-refractivity contribution in [1.29, 1.82) is 0 Å². The van der Waals surface area contributed by atoms with Crippen LogP contribution in [-0.4, -0.2) is 6.04 Å². The minimum absolute atomic E-state index is 0.422. The molecule has 2 aliphatic rings. The summed E-state index contributed by atoms with van der Waals surface area (Å²) in [6.07, 6.45) is 28.0. The molecule has 2 unspecified atom stereocenters. The van der Waals surface area contributed by atoms with Crippen molar-refractivity contribution >= 4 is 5.69 Å². The largest absolute Gasteiger partial charge is 0.382 e. The topological polar surface area (TPSA) is 12.0 Å². The average Bonchev–Trinajstić information content (AvgIpc) is 3.01. The highest BCUT2D eigenvalue weighted by atomic mass is 14.9. The first-order chi connectivity index (χ1) is 15.3. The van der Waals surface area contributed by atoms with Crippen molar-refractivity contribution in [3.8, 4) is 0 Å². The number of hydrogen-bond donors (Lipinski definition) is 1. The van der Waals surface area contributed by atoms with Crippen molar-refractivity contribution in [1.82, 2.24) is 0 Å². The fourth-order valence-corrected chi connectivity index (χ4v) is 4.10. The molecular formula is C30H35N. The van der Waals surface area contributed by atoms with Crippen LogP contribution >= 0.6 is 0 Å². The van der Waals surface area contributed by atoms with Gasteiger partial charge in [0, 0.05) is 17.6 Å². The molecule has 1 heteroatoms. The van der Waals surface area contributed by atoms with E-state index in [0.29, 0.717) is 12.0 Å². The molecule has 0 radical (unpaired) electrons. The van der Waals surface area contributed by atoms with Crippen LogP contribution in [0, 0.1) is 5.92 Å². The molecule has 1 aromatic rings. The lowest BCUT2D eigenvalue weighted by molar-refractivity contribution is 0.487. The van der Waals surface area contributed by atoms with Crippen LogP contribution in [0.5, 0.6) is 0 Å². The first kappa shape index (κ1) is 22.6. The Bertz CT molecular complexity index is 900. The molecule has 0 heterocycles. The minimum atomic E-state index is 0.422. The smallest absolute Gasteiger partial charge is 0.0342 e. The summed E-state index contributed by atoms with van der Waals surface area (Å²) < 4.78 is 0. The standard InChI is InChI=1S/C30H35N/c1-26-18-12-7-5-6-8-13-19-27(25-24-26)29-22-16-11-17-23-30(29)31-28-20-14-9-3-2-4-10-15-21-28/h2-10,12-15,18-21,24-25,29-31H,11,16-17,22-23H2,1H3/b3-2?,4-2?,6-5-,7-5?,8-6?,9-3?,10-4?,12-7-,13-8-,14-9?,15-10?,18-12?,19-13?,20-14?,21-15?,25-24?,26-18?,26-24?,27-19+,27-25?,28-20?,28-21?. The summed E-state index contributed by atoms with van der Waals surface area (Å²) in [5.41, 5.74) is 3.84. The van der Waals surface area contributed by atoms with E-state index in [1.165, 1.54) is 48.9 Å². The fourth-order valence-electron chi connectivity index (χ4n) is 4.10. The summed E-state index contributed by atoms with van der Waals surface area (Å²) >= 11 is 0. The Hall–Kier alpha value is -3.06. The van der Waals surface area contributed by atoms with E-state index < -0.39 is 0 Å².